The number of thiol groups is 1. The molecule has 0 aliphatic rings. The highest BCUT2D eigenvalue weighted by Gasteiger charge is 2.03. The van der Waals surface area contributed by atoms with E-state index >= 15 is 0 Å². The summed E-state index contributed by atoms with van der Waals surface area (Å²) in [5.74, 6) is 0. The van der Waals surface area contributed by atoms with Gasteiger partial charge in [0.15, 0.2) is 0 Å². The first-order valence-electron chi connectivity index (χ1n) is 2.49. The molecule has 0 saturated carbocycles. The molecule has 0 spiro atoms. The van der Waals surface area contributed by atoms with E-state index in [0.717, 1.165) is 0 Å². The van der Waals surface area contributed by atoms with Crippen LogP contribution in [0.25, 0.3) is 0 Å². The second kappa shape index (κ2) is 2.36. The first-order chi connectivity index (χ1) is 4.20. The van der Waals surface area contributed by atoms with E-state index in [0.29, 0.717) is 5.69 Å². The lowest BCUT2D eigenvalue weighted by Crippen LogP contribution is -1.89. The zero-order valence-electron chi connectivity index (χ0n) is 4.89. The molecule has 5 heteroatoms. The van der Waals surface area contributed by atoms with Crippen LogP contribution in [0.15, 0.2) is 6.20 Å². The molecule has 0 aromatic carbocycles. The third kappa shape index (κ3) is 1.43. The second-order valence-corrected chi connectivity index (χ2v) is 2.15. The van der Waals surface area contributed by atoms with Gasteiger partial charge in [0.05, 0.1) is 12.3 Å². The number of aromatic nitrogens is 3. The lowest BCUT2D eigenvalue weighted by molar-refractivity contribution is 0.194. The molecule has 1 aromatic heterocycles. The molecular weight excluding hydrogens is 138 g/mol. The van der Waals surface area contributed by atoms with Crippen LogP contribution in [0, 0.1) is 0 Å². The largest absolute Gasteiger partial charge is 0.387 e. The third-order valence-corrected chi connectivity index (χ3v) is 1.12. The molecule has 0 aliphatic heterocycles. The van der Waals surface area contributed by atoms with Crippen LogP contribution < -0.4 is 0 Å². The summed E-state index contributed by atoms with van der Waals surface area (Å²) in [5, 5.41) is 16.0. The Morgan fingerprint density at radius 1 is 1.89 bits per heavy atom. The van der Waals surface area contributed by atoms with Gasteiger partial charge in [0.1, 0.15) is 5.69 Å². The standard InChI is InChI=1S/C4H7N3OS/c1-3(8)4-2-7(9)6-5-4/h2-3,8-9H,1H3. The van der Waals surface area contributed by atoms with Crippen molar-refractivity contribution in [1.82, 2.24) is 14.4 Å². The van der Waals surface area contributed by atoms with E-state index in [4.69, 9.17) is 5.11 Å². The molecule has 9 heavy (non-hydrogen) atoms. The fraction of sp³-hybridized carbons (Fsp3) is 0.500. The molecule has 1 aromatic rings. The third-order valence-electron chi connectivity index (χ3n) is 0.928. The SMILES string of the molecule is CC(O)c1cn(S)nn1. The van der Waals surface area contributed by atoms with Crippen LogP contribution in [0.4, 0.5) is 0 Å². The normalized spacial score (nSPS) is 13.7. The van der Waals surface area contributed by atoms with E-state index in [2.05, 4.69) is 23.1 Å². The molecule has 1 atom stereocenters. The van der Waals surface area contributed by atoms with E-state index in [1.54, 1.807) is 13.1 Å². The fourth-order valence-corrected chi connectivity index (χ4v) is 0.617. The summed E-state index contributed by atoms with van der Waals surface area (Å²) in [6, 6.07) is 0. The van der Waals surface area contributed by atoms with Crippen molar-refractivity contribution >= 4 is 12.8 Å². The van der Waals surface area contributed by atoms with Crippen LogP contribution in [-0.4, -0.2) is 19.5 Å². The fourth-order valence-electron chi connectivity index (χ4n) is 0.459. The van der Waals surface area contributed by atoms with Gasteiger partial charge in [0, 0.05) is 0 Å². The minimum absolute atomic E-state index is 0.532. The summed E-state index contributed by atoms with van der Waals surface area (Å²) < 4.78 is 1.25. The van der Waals surface area contributed by atoms with Gasteiger partial charge in [0.25, 0.3) is 0 Å². The summed E-state index contributed by atoms with van der Waals surface area (Å²) in [4.78, 5) is 0. The number of aliphatic hydroxyl groups excluding tert-OH is 1. The Morgan fingerprint density at radius 2 is 2.56 bits per heavy atom. The highest BCUT2D eigenvalue weighted by molar-refractivity contribution is 7.78. The Hall–Kier alpha value is -0.550. The minimum atomic E-state index is -0.564. The smallest absolute Gasteiger partial charge is 0.112 e. The van der Waals surface area contributed by atoms with Crippen molar-refractivity contribution in [2.75, 3.05) is 0 Å². The van der Waals surface area contributed by atoms with Gasteiger partial charge >= 0.3 is 0 Å². The number of nitrogens with zero attached hydrogens (tertiary/aromatic N) is 3. The zero-order chi connectivity index (χ0) is 6.85. The Bertz CT molecular complexity index is 197. The Morgan fingerprint density at radius 3 is 2.78 bits per heavy atom. The van der Waals surface area contributed by atoms with Crippen LogP contribution in [0.1, 0.15) is 18.7 Å². The maximum atomic E-state index is 8.89. The lowest BCUT2D eigenvalue weighted by atomic mass is 10.3. The topological polar surface area (TPSA) is 50.9 Å². The molecule has 1 N–H and O–H groups in total. The van der Waals surface area contributed by atoms with Gasteiger partial charge in [0.2, 0.25) is 0 Å². The van der Waals surface area contributed by atoms with Crippen molar-refractivity contribution in [2.24, 2.45) is 0 Å². The molecule has 1 rings (SSSR count). The minimum Gasteiger partial charge on any atom is -0.387 e. The Kier molecular flexibility index (Phi) is 1.73. The molecule has 0 radical (unpaired) electrons. The molecular formula is C4H7N3OS. The molecule has 0 saturated heterocycles. The summed E-state index contributed by atoms with van der Waals surface area (Å²) in [7, 11) is 0. The number of rotatable bonds is 1. The molecule has 50 valence electrons. The van der Waals surface area contributed by atoms with Crippen molar-refractivity contribution in [2.45, 2.75) is 13.0 Å². The van der Waals surface area contributed by atoms with E-state index in [1.807, 2.05) is 0 Å². The molecule has 1 unspecified atom stereocenters. The molecule has 1 heterocycles. The maximum Gasteiger partial charge on any atom is 0.112 e. The molecule has 4 nitrogen and oxygen atoms in total. The quantitative estimate of drug-likeness (QED) is 0.548. The van der Waals surface area contributed by atoms with Gasteiger partial charge in [-0.25, -0.2) is 0 Å². The molecule has 0 fully saturated rings. The second-order valence-electron chi connectivity index (χ2n) is 1.74. The van der Waals surface area contributed by atoms with Crippen molar-refractivity contribution in [3.8, 4) is 0 Å². The average Bonchev–Trinajstić information content (AvgIpc) is 2.14. The molecule has 0 bridgehead atoms. The van der Waals surface area contributed by atoms with Gasteiger partial charge < -0.3 is 5.11 Å². The number of aliphatic hydroxyl groups is 1. The van der Waals surface area contributed by atoms with Gasteiger partial charge in [-0.2, -0.15) is 4.09 Å². The summed E-state index contributed by atoms with van der Waals surface area (Å²) in [6.07, 6.45) is 0.985. The number of hydrogen-bond donors (Lipinski definition) is 2. The number of hydrogen-bond acceptors (Lipinski definition) is 4. The lowest BCUT2D eigenvalue weighted by Gasteiger charge is -1.92. The monoisotopic (exact) mass is 145 g/mol. The van der Waals surface area contributed by atoms with Crippen molar-refractivity contribution in [1.29, 1.82) is 0 Å². The summed E-state index contributed by atoms with van der Waals surface area (Å²) in [5.41, 5.74) is 0.532. The van der Waals surface area contributed by atoms with Gasteiger partial charge in [-0.1, -0.05) is 5.21 Å². The highest BCUT2D eigenvalue weighted by Crippen LogP contribution is 2.05. The highest BCUT2D eigenvalue weighted by atomic mass is 32.1. The predicted octanol–water partition coefficient (Wildman–Crippen LogP) is 0.0243. The van der Waals surface area contributed by atoms with Crippen LogP contribution in [0.5, 0.6) is 0 Å². The zero-order valence-corrected chi connectivity index (χ0v) is 5.79. The summed E-state index contributed by atoms with van der Waals surface area (Å²) >= 11 is 3.83. The van der Waals surface area contributed by atoms with Gasteiger partial charge in [-0.3, -0.25) is 0 Å². The van der Waals surface area contributed by atoms with Crippen LogP contribution in [0.3, 0.4) is 0 Å². The van der Waals surface area contributed by atoms with Gasteiger partial charge in [-0.15, -0.1) is 5.10 Å². The van der Waals surface area contributed by atoms with Crippen LogP contribution >= 0.6 is 12.8 Å². The van der Waals surface area contributed by atoms with Gasteiger partial charge in [-0.05, 0) is 19.7 Å². The van der Waals surface area contributed by atoms with Crippen molar-refractivity contribution in [3.63, 3.8) is 0 Å². The van der Waals surface area contributed by atoms with Crippen LogP contribution in [-0.2, 0) is 0 Å². The molecule has 0 amide bonds. The predicted molar refractivity (Wildman–Crippen MR) is 35.0 cm³/mol. The molecule has 0 aliphatic carbocycles. The first-order valence-corrected chi connectivity index (χ1v) is 2.89. The van der Waals surface area contributed by atoms with E-state index in [9.17, 15) is 0 Å². The first kappa shape index (κ1) is 6.57. The Labute approximate surface area is 58.0 Å². The van der Waals surface area contributed by atoms with Crippen molar-refractivity contribution in [3.05, 3.63) is 11.9 Å². The maximum absolute atomic E-state index is 8.89. The average molecular weight is 145 g/mol. The van der Waals surface area contributed by atoms with E-state index in [-0.39, 0.29) is 0 Å². The summed E-state index contributed by atoms with van der Waals surface area (Å²) in [6.45, 7) is 1.62. The van der Waals surface area contributed by atoms with E-state index < -0.39 is 6.10 Å². The van der Waals surface area contributed by atoms with Crippen LogP contribution in [0.2, 0.25) is 0 Å². The van der Waals surface area contributed by atoms with E-state index in [1.165, 1.54) is 4.09 Å². The van der Waals surface area contributed by atoms with Crippen molar-refractivity contribution < 1.29 is 5.11 Å². The Balaban J connectivity index is 2.85.